The summed E-state index contributed by atoms with van der Waals surface area (Å²) < 4.78 is 1.95. The fourth-order valence-corrected chi connectivity index (χ4v) is 2.37. The lowest BCUT2D eigenvalue weighted by Gasteiger charge is -2.17. The standard InChI is InChI=1S/C14H20ClN5/c1-10(2)8-20-13(18-9-19-20)7-12(16-3)14-11(15)5-4-6-17-14/h4-6,9-10,12,16H,7-8H2,1-3H3. The summed E-state index contributed by atoms with van der Waals surface area (Å²) >= 11 is 6.22. The maximum atomic E-state index is 6.22. The largest absolute Gasteiger partial charge is 0.311 e. The van der Waals surface area contributed by atoms with Gasteiger partial charge in [-0.25, -0.2) is 9.67 Å². The Morgan fingerprint density at radius 3 is 2.80 bits per heavy atom. The molecular weight excluding hydrogens is 274 g/mol. The van der Waals surface area contributed by atoms with Crippen molar-refractivity contribution in [1.29, 1.82) is 0 Å². The van der Waals surface area contributed by atoms with E-state index in [9.17, 15) is 0 Å². The van der Waals surface area contributed by atoms with Crippen LogP contribution in [-0.2, 0) is 13.0 Å². The van der Waals surface area contributed by atoms with Crippen molar-refractivity contribution in [3.8, 4) is 0 Å². The highest BCUT2D eigenvalue weighted by molar-refractivity contribution is 6.31. The van der Waals surface area contributed by atoms with Gasteiger partial charge in [-0.15, -0.1) is 0 Å². The van der Waals surface area contributed by atoms with Gasteiger partial charge in [0.1, 0.15) is 12.2 Å². The molecule has 1 atom stereocenters. The maximum absolute atomic E-state index is 6.22. The lowest BCUT2D eigenvalue weighted by Crippen LogP contribution is -2.23. The fourth-order valence-electron chi connectivity index (χ4n) is 2.12. The Balaban J connectivity index is 2.19. The molecular formula is C14H20ClN5. The molecule has 20 heavy (non-hydrogen) atoms. The summed E-state index contributed by atoms with van der Waals surface area (Å²) in [5.74, 6) is 1.47. The molecule has 2 aromatic rings. The van der Waals surface area contributed by atoms with Gasteiger partial charge in [0.15, 0.2) is 0 Å². The molecule has 1 unspecified atom stereocenters. The van der Waals surface area contributed by atoms with Crippen LogP contribution in [0.2, 0.25) is 5.02 Å². The van der Waals surface area contributed by atoms with E-state index in [1.807, 2.05) is 23.9 Å². The summed E-state index contributed by atoms with van der Waals surface area (Å²) in [4.78, 5) is 8.72. The predicted molar refractivity (Wildman–Crippen MR) is 79.6 cm³/mol. The van der Waals surface area contributed by atoms with E-state index in [0.29, 0.717) is 17.4 Å². The molecule has 0 spiro atoms. The monoisotopic (exact) mass is 293 g/mol. The van der Waals surface area contributed by atoms with Gasteiger partial charge >= 0.3 is 0 Å². The first kappa shape index (κ1) is 14.9. The number of rotatable bonds is 6. The highest BCUT2D eigenvalue weighted by Gasteiger charge is 2.18. The second-order valence-electron chi connectivity index (χ2n) is 5.17. The Bertz CT molecular complexity index is 552. The van der Waals surface area contributed by atoms with Crippen molar-refractivity contribution < 1.29 is 0 Å². The molecule has 0 saturated carbocycles. The number of pyridine rings is 1. The smallest absolute Gasteiger partial charge is 0.138 e. The van der Waals surface area contributed by atoms with Gasteiger partial charge in [0, 0.05) is 19.2 Å². The van der Waals surface area contributed by atoms with Gasteiger partial charge in [-0.2, -0.15) is 5.10 Å². The van der Waals surface area contributed by atoms with Crippen LogP contribution in [0.1, 0.15) is 31.4 Å². The second kappa shape index (κ2) is 6.81. The lowest BCUT2D eigenvalue weighted by molar-refractivity contribution is 0.449. The van der Waals surface area contributed by atoms with E-state index in [1.165, 1.54) is 0 Å². The van der Waals surface area contributed by atoms with Gasteiger partial charge in [-0.3, -0.25) is 4.98 Å². The zero-order chi connectivity index (χ0) is 14.5. The SMILES string of the molecule is CNC(Cc1ncnn1CC(C)C)c1ncccc1Cl. The number of nitrogens with one attached hydrogen (secondary N) is 1. The first-order chi connectivity index (χ1) is 9.61. The molecule has 0 saturated heterocycles. The Morgan fingerprint density at radius 2 is 2.15 bits per heavy atom. The van der Waals surface area contributed by atoms with E-state index in [-0.39, 0.29) is 6.04 Å². The van der Waals surface area contributed by atoms with Crippen molar-refractivity contribution in [3.05, 3.63) is 41.2 Å². The molecule has 0 aromatic carbocycles. The predicted octanol–water partition coefficient (Wildman–Crippen LogP) is 2.49. The summed E-state index contributed by atoms with van der Waals surface area (Å²) in [6.07, 6.45) is 4.06. The summed E-state index contributed by atoms with van der Waals surface area (Å²) in [7, 11) is 1.90. The molecule has 0 aliphatic heterocycles. The van der Waals surface area contributed by atoms with E-state index in [0.717, 1.165) is 18.1 Å². The van der Waals surface area contributed by atoms with Crippen molar-refractivity contribution in [2.45, 2.75) is 32.9 Å². The summed E-state index contributed by atoms with van der Waals surface area (Å²) in [5, 5.41) is 8.20. The summed E-state index contributed by atoms with van der Waals surface area (Å²) in [5.41, 5.74) is 0.843. The van der Waals surface area contributed by atoms with Crippen molar-refractivity contribution in [3.63, 3.8) is 0 Å². The van der Waals surface area contributed by atoms with E-state index >= 15 is 0 Å². The van der Waals surface area contributed by atoms with E-state index in [2.05, 4.69) is 34.2 Å². The molecule has 0 radical (unpaired) electrons. The molecule has 6 heteroatoms. The van der Waals surface area contributed by atoms with Crippen molar-refractivity contribution in [2.75, 3.05) is 7.05 Å². The van der Waals surface area contributed by atoms with Crippen LogP contribution in [0.25, 0.3) is 0 Å². The Hall–Kier alpha value is -1.46. The number of aromatic nitrogens is 4. The fraction of sp³-hybridized carbons (Fsp3) is 0.500. The molecule has 2 rings (SSSR count). The third-order valence-electron chi connectivity index (χ3n) is 3.09. The first-order valence-electron chi connectivity index (χ1n) is 6.76. The molecule has 0 fully saturated rings. The average molecular weight is 294 g/mol. The molecule has 5 nitrogen and oxygen atoms in total. The number of halogens is 1. The zero-order valence-corrected chi connectivity index (χ0v) is 12.8. The van der Waals surface area contributed by atoms with Crippen molar-refractivity contribution in [2.24, 2.45) is 5.92 Å². The van der Waals surface area contributed by atoms with Gasteiger partial charge in [0.25, 0.3) is 0 Å². The first-order valence-corrected chi connectivity index (χ1v) is 7.14. The molecule has 0 aliphatic rings. The summed E-state index contributed by atoms with van der Waals surface area (Å²) in [6.45, 7) is 5.19. The Kier molecular flexibility index (Phi) is 5.09. The van der Waals surface area contributed by atoms with Gasteiger partial charge in [0.05, 0.1) is 16.8 Å². The van der Waals surface area contributed by atoms with Crippen molar-refractivity contribution >= 4 is 11.6 Å². The summed E-state index contributed by atoms with van der Waals surface area (Å²) in [6, 6.07) is 3.71. The van der Waals surface area contributed by atoms with Gasteiger partial charge in [0.2, 0.25) is 0 Å². The average Bonchev–Trinajstić information content (AvgIpc) is 2.83. The van der Waals surface area contributed by atoms with Gasteiger partial charge in [-0.1, -0.05) is 25.4 Å². The topological polar surface area (TPSA) is 55.6 Å². The minimum atomic E-state index is 0.0267. The second-order valence-corrected chi connectivity index (χ2v) is 5.58. The third-order valence-corrected chi connectivity index (χ3v) is 3.41. The molecule has 108 valence electrons. The van der Waals surface area contributed by atoms with Crippen LogP contribution in [0.15, 0.2) is 24.7 Å². The Labute approximate surface area is 124 Å². The highest BCUT2D eigenvalue weighted by atomic mass is 35.5. The molecule has 0 bridgehead atoms. The molecule has 2 heterocycles. The van der Waals surface area contributed by atoms with Crippen LogP contribution in [0, 0.1) is 5.92 Å². The van der Waals surface area contributed by atoms with Crippen LogP contribution < -0.4 is 5.32 Å². The number of nitrogens with zero attached hydrogens (tertiary/aromatic N) is 4. The maximum Gasteiger partial charge on any atom is 0.138 e. The zero-order valence-electron chi connectivity index (χ0n) is 12.0. The van der Waals surface area contributed by atoms with Gasteiger partial charge in [-0.05, 0) is 25.1 Å². The minimum Gasteiger partial charge on any atom is -0.311 e. The van der Waals surface area contributed by atoms with E-state index in [1.54, 1.807) is 12.5 Å². The van der Waals surface area contributed by atoms with Gasteiger partial charge < -0.3 is 5.32 Å². The van der Waals surface area contributed by atoms with Crippen LogP contribution in [0.5, 0.6) is 0 Å². The number of hydrogen-bond acceptors (Lipinski definition) is 4. The normalized spacial score (nSPS) is 12.8. The van der Waals surface area contributed by atoms with E-state index < -0.39 is 0 Å². The van der Waals surface area contributed by atoms with Crippen molar-refractivity contribution in [1.82, 2.24) is 25.1 Å². The van der Waals surface area contributed by atoms with E-state index in [4.69, 9.17) is 11.6 Å². The van der Waals surface area contributed by atoms with Crippen LogP contribution in [0.4, 0.5) is 0 Å². The number of hydrogen-bond donors (Lipinski definition) is 1. The minimum absolute atomic E-state index is 0.0267. The molecule has 0 amide bonds. The Morgan fingerprint density at radius 1 is 1.35 bits per heavy atom. The quantitative estimate of drug-likeness (QED) is 0.889. The number of likely N-dealkylation sites (N-methyl/N-ethyl adjacent to an activating group) is 1. The lowest BCUT2D eigenvalue weighted by atomic mass is 10.1. The molecule has 0 aliphatic carbocycles. The van der Waals surface area contributed by atoms with Crippen LogP contribution >= 0.6 is 11.6 Å². The third kappa shape index (κ3) is 3.55. The van der Waals surface area contributed by atoms with Crippen LogP contribution in [0.3, 0.4) is 0 Å². The highest BCUT2D eigenvalue weighted by Crippen LogP contribution is 2.22. The molecule has 1 N–H and O–H groups in total. The molecule has 2 aromatic heterocycles. The van der Waals surface area contributed by atoms with Crippen LogP contribution in [-0.4, -0.2) is 26.8 Å².